The van der Waals surface area contributed by atoms with E-state index in [1.54, 1.807) is 36.4 Å². The summed E-state index contributed by atoms with van der Waals surface area (Å²) in [6, 6.07) is 29.3. The number of methoxy groups -OCH3 is 1. The number of hydrogen-bond donors (Lipinski definition) is 1. The Morgan fingerprint density at radius 1 is 0.818 bits per heavy atom. The third-order valence-electron chi connectivity index (χ3n) is 7.31. The van der Waals surface area contributed by atoms with Crippen molar-refractivity contribution >= 4 is 27.5 Å². The molecule has 44 heavy (non-hydrogen) atoms. The SMILES string of the molecule is CCNC(=O)[C@@H](Cc1ccccc1)N(Cc1cccc(C)c1)C(=O)CN(c1ccc(C)cc1)S(=O)(=O)c1ccc(OC)cc1. The van der Waals surface area contributed by atoms with Gasteiger partial charge in [0.2, 0.25) is 11.8 Å². The second-order valence-corrected chi connectivity index (χ2v) is 12.5. The third-order valence-corrected chi connectivity index (χ3v) is 9.09. The van der Waals surface area contributed by atoms with Crippen LogP contribution in [0.1, 0.15) is 29.2 Å². The van der Waals surface area contributed by atoms with Gasteiger partial charge in [0, 0.05) is 19.5 Å². The summed E-state index contributed by atoms with van der Waals surface area (Å²) in [7, 11) is -2.68. The Labute approximate surface area is 260 Å². The van der Waals surface area contributed by atoms with E-state index < -0.39 is 28.5 Å². The molecular weight excluding hydrogens is 574 g/mol. The highest BCUT2D eigenvalue weighted by Crippen LogP contribution is 2.27. The van der Waals surface area contributed by atoms with Gasteiger partial charge in [-0.15, -0.1) is 0 Å². The van der Waals surface area contributed by atoms with Gasteiger partial charge in [-0.3, -0.25) is 13.9 Å². The quantitative estimate of drug-likeness (QED) is 0.221. The maximum atomic E-state index is 14.4. The molecular formula is C35H39N3O5S. The van der Waals surface area contributed by atoms with Crippen molar-refractivity contribution in [2.45, 2.75) is 44.7 Å². The van der Waals surface area contributed by atoms with Crippen LogP contribution in [0, 0.1) is 13.8 Å². The molecule has 1 atom stereocenters. The molecule has 4 aromatic rings. The number of aryl methyl sites for hydroxylation is 2. The standard InChI is InChI=1S/C35H39N3O5S/c1-5-36-35(40)33(23-28-11-7-6-8-12-28)37(24-29-13-9-10-27(3)22-29)34(39)25-38(30-16-14-26(2)15-17-30)44(41,42)32-20-18-31(43-4)19-21-32/h6-22,33H,5,23-25H2,1-4H3,(H,36,40)/t33-/m1/s1. The lowest BCUT2D eigenvalue weighted by atomic mass is 10.0. The molecule has 0 aliphatic carbocycles. The Balaban J connectivity index is 1.79. The molecule has 4 rings (SSSR count). The highest BCUT2D eigenvalue weighted by Gasteiger charge is 2.34. The van der Waals surface area contributed by atoms with Gasteiger partial charge in [0.1, 0.15) is 18.3 Å². The van der Waals surface area contributed by atoms with E-state index >= 15 is 0 Å². The number of benzene rings is 4. The Bertz CT molecular complexity index is 1660. The Kier molecular flexibility index (Phi) is 10.8. The smallest absolute Gasteiger partial charge is 0.264 e. The van der Waals surface area contributed by atoms with Crippen molar-refractivity contribution in [2.75, 3.05) is 24.5 Å². The highest BCUT2D eigenvalue weighted by atomic mass is 32.2. The molecule has 0 bridgehead atoms. The number of amides is 2. The number of hydrogen-bond acceptors (Lipinski definition) is 5. The first-order chi connectivity index (χ1) is 21.1. The summed E-state index contributed by atoms with van der Waals surface area (Å²) in [4.78, 5) is 29.5. The number of carbonyl (C=O) groups excluding carboxylic acids is 2. The summed E-state index contributed by atoms with van der Waals surface area (Å²) in [5.41, 5.74) is 4.01. The molecule has 230 valence electrons. The predicted molar refractivity (Wildman–Crippen MR) is 173 cm³/mol. The van der Waals surface area contributed by atoms with E-state index in [-0.39, 0.29) is 23.8 Å². The van der Waals surface area contributed by atoms with Crippen LogP contribution in [0.25, 0.3) is 0 Å². The van der Waals surface area contributed by atoms with Crippen LogP contribution in [0.5, 0.6) is 5.75 Å². The molecule has 0 fully saturated rings. The molecule has 0 radical (unpaired) electrons. The average Bonchev–Trinajstić information content (AvgIpc) is 3.02. The van der Waals surface area contributed by atoms with Crippen molar-refractivity contribution in [3.05, 3.63) is 125 Å². The second kappa shape index (κ2) is 14.7. The van der Waals surface area contributed by atoms with Crippen LogP contribution in [0.4, 0.5) is 5.69 Å². The number of anilines is 1. The number of ether oxygens (including phenoxy) is 1. The number of nitrogens with zero attached hydrogens (tertiary/aromatic N) is 2. The van der Waals surface area contributed by atoms with Crippen LogP contribution in [-0.4, -0.2) is 51.4 Å². The summed E-state index contributed by atoms with van der Waals surface area (Å²) in [5.74, 6) is -0.300. The lowest BCUT2D eigenvalue weighted by Gasteiger charge is -2.34. The molecule has 0 heterocycles. The van der Waals surface area contributed by atoms with Crippen LogP contribution in [0.3, 0.4) is 0 Å². The van der Waals surface area contributed by atoms with Gasteiger partial charge in [0.05, 0.1) is 17.7 Å². The first kappa shape index (κ1) is 32.3. The average molecular weight is 614 g/mol. The van der Waals surface area contributed by atoms with E-state index in [2.05, 4.69) is 5.32 Å². The van der Waals surface area contributed by atoms with E-state index in [0.29, 0.717) is 18.0 Å². The van der Waals surface area contributed by atoms with Gasteiger partial charge in [0.15, 0.2) is 0 Å². The first-order valence-corrected chi connectivity index (χ1v) is 16.0. The van der Waals surface area contributed by atoms with Gasteiger partial charge in [-0.1, -0.05) is 77.9 Å². The van der Waals surface area contributed by atoms with Gasteiger partial charge in [-0.2, -0.15) is 0 Å². The van der Waals surface area contributed by atoms with Gasteiger partial charge < -0.3 is 15.0 Å². The molecule has 0 aliphatic heterocycles. The van der Waals surface area contributed by atoms with E-state index in [9.17, 15) is 18.0 Å². The van der Waals surface area contributed by atoms with Crippen LogP contribution in [-0.2, 0) is 32.6 Å². The second-order valence-electron chi connectivity index (χ2n) is 10.6. The summed E-state index contributed by atoms with van der Waals surface area (Å²) in [6.07, 6.45) is 0.264. The molecule has 0 unspecified atom stereocenters. The fourth-order valence-electron chi connectivity index (χ4n) is 4.97. The minimum Gasteiger partial charge on any atom is -0.497 e. The number of sulfonamides is 1. The number of likely N-dealkylation sites (N-methyl/N-ethyl adjacent to an activating group) is 1. The topological polar surface area (TPSA) is 96.0 Å². The van der Waals surface area contributed by atoms with Crippen molar-refractivity contribution < 1.29 is 22.7 Å². The Morgan fingerprint density at radius 3 is 2.09 bits per heavy atom. The van der Waals surface area contributed by atoms with Crippen molar-refractivity contribution in [1.82, 2.24) is 10.2 Å². The molecule has 0 aliphatic rings. The molecule has 2 amide bonds. The van der Waals surface area contributed by atoms with Gasteiger partial charge in [-0.25, -0.2) is 8.42 Å². The van der Waals surface area contributed by atoms with Crippen LogP contribution >= 0.6 is 0 Å². The van der Waals surface area contributed by atoms with Crippen LogP contribution < -0.4 is 14.4 Å². The normalized spacial score (nSPS) is 11.8. The van der Waals surface area contributed by atoms with E-state index in [4.69, 9.17) is 4.74 Å². The zero-order valence-corrected chi connectivity index (χ0v) is 26.4. The number of carbonyl (C=O) groups is 2. The lowest BCUT2D eigenvalue weighted by molar-refractivity contribution is -0.140. The van der Waals surface area contributed by atoms with Crippen molar-refractivity contribution in [2.24, 2.45) is 0 Å². The molecule has 8 nitrogen and oxygen atoms in total. The fourth-order valence-corrected chi connectivity index (χ4v) is 6.38. The number of nitrogens with one attached hydrogen (secondary N) is 1. The van der Waals surface area contributed by atoms with Gasteiger partial charge in [0.25, 0.3) is 10.0 Å². The fraction of sp³-hybridized carbons (Fsp3) is 0.257. The largest absolute Gasteiger partial charge is 0.497 e. The molecule has 0 aromatic heterocycles. The highest BCUT2D eigenvalue weighted by molar-refractivity contribution is 7.92. The van der Waals surface area contributed by atoms with E-state index in [1.807, 2.05) is 75.4 Å². The summed E-state index contributed by atoms with van der Waals surface area (Å²) < 4.78 is 34.5. The van der Waals surface area contributed by atoms with Crippen LogP contribution in [0.15, 0.2) is 108 Å². The zero-order chi connectivity index (χ0) is 31.7. The van der Waals surface area contributed by atoms with E-state index in [0.717, 1.165) is 26.6 Å². The van der Waals surface area contributed by atoms with E-state index in [1.165, 1.54) is 24.1 Å². The lowest BCUT2D eigenvalue weighted by Crippen LogP contribution is -2.53. The first-order valence-electron chi connectivity index (χ1n) is 14.5. The molecule has 4 aromatic carbocycles. The Morgan fingerprint density at radius 2 is 1.48 bits per heavy atom. The van der Waals surface area contributed by atoms with Gasteiger partial charge in [-0.05, 0) is 68.3 Å². The minimum atomic E-state index is -4.19. The van der Waals surface area contributed by atoms with Crippen molar-refractivity contribution in [3.8, 4) is 5.75 Å². The summed E-state index contributed by atoms with van der Waals surface area (Å²) in [5, 5.41) is 2.88. The van der Waals surface area contributed by atoms with Gasteiger partial charge >= 0.3 is 0 Å². The predicted octanol–water partition coefficient (Wildman–Crippen LogP) is 5.28. The van der Waals surface area contributed by atoms with Crippen molar-refractivity contribution in [1.29, 1.82) is 0 Å². The van der Waals surface area contributed by atoms with Crippen LogP contribution in [0.2, 0.25) is 0 Å². The minimum absolute atomic E-state index is 0.0153. The van der Waals surface area contributed by atoms with Crippen molar-refractivity contribution in [3.63, 3.8) is 0 Å². The summed E-state index contributed by atoms with van der Waals surface area (Å²) >= 11 is 0. The molecule has 0 spiro atoms. The zero-order valence-electron chi connectivity index (χ0n) is 25.6. The molecule has 0 saturated heterocycles. The summed E-state index contributed by atoms with van der Waals surface area (Å²) in [6.45, 7) is 5.69. The molecule has 1 N–H and O–H groups in total. The molecule has 0 saturated carbocycles. The molecule has 9 heteroatoms. The number of rotatable bonds is 13. The maximum absolute atomic E-state index is 14.4. The monoisotopic (exact) mass is 613 g/mol. The third kappa shape index (κ3) is 8.05. The Hall–Kier alpha value is -4.63. The maximum Gasteiger partial charge on any atom is 0.264 e.